The molecule has 0 atom stereocenters. The molecule has 0 amide bonds. The number of ether oxygens (including phenoxy) is 1. The van der Waals surface area contributed by atoms with Crippen molar-refractivity contribution in [2.24, 2.45) is 5.14 Å². The highest BCUT2D eigenvalue weighted by Gasteiger charge is 2.25. The second-order valence-corrected chi connectivity index (χ2v) is 6.16. The highest BCUT2D eigenvalue weighted by molar-refractivity contribution is 9.10. The van der Waals surface area contributed by atoms with Gasteiger partial charge in [-0.3, -0.25) is 0 Å². The lowest BCUT2D eigenvalue weighted by Crippen LogP contribution is -2.16. The number of halogens is 1. The number of carbonyl (C=O) groups excluding carboxylic acids is 1. The van der Waals surface area contributed by atoms with Gasteiger partial charge in [0.2, 0.25) is 10.0 Å². The molecular weight excluding hydrogens is 318 g/mol. The molecule has 0 aliphatic rings. The van der Waals surface area contributed by atoms with Crippen LogP contribution in [0.4, 0.5) is 0 Å². The van der Waals surface area contributed by atoms with E-state index >= 15 is 0 Å². The molecule has 0 aromatic carbocycles. The molecule has 2 N–H and O–H groups in total. The van der Waals surface area contributed by atoms with Gasteiger partial charge in [0.1, 0.15) is 9.77 Å². The third-order valence-electron chi connectivity index (χ3n) is 1.61. The van der Waals surface area contributed by atoms with Crippen molar-refractivity contribution in [2.45, 2.75) is 18.2 Å². The van der Waals surface area contributed by atoms with Crippen molar-refractivity contribution in [2.75, 3.05) is 6.61 Å². The van der Waals surface area contributed by atoms with Crippen LogP contribution in [0.2, 0.25) is 0 Å². The van der Waals surface area contributed by atoms with Gasteiger partial charge in [-0.25, -0.2) is 18.4 Å². The number of rotatable bonds is 4. The third-order valence-corrected chi connectivity index (χ3v) is 4.88. The van der Waals surface area contributed by atoms with Gasteiger partial charge in [-0.1, -0.05) is 6.92 Å². The smallest absolute Gasteiger partial charge is 0.349 e. The number of esters is 1. The Morgan fingerprint density at radius 1 is 1.62 bits per heavy atom. The zero-order chi connectivity index (χ0) is 12.3. The fourth-order valence-electron chi connectivity index (χ4n) is 0.992. The summed E-state index contributed by atoms with van der Waals surface area (Å²) in [6.07, 6.45) is 0.670. The van der Waals surface area contributed by atoms with Crippen LogP contribution in [-0.2, 0) is 14.8 Å². The SMILES string of the molecule is CCCOC(=O)c1scc(Br)c1S(N)(=O)=O. The Morgan fingerprint density at radius 3 is 2.75 bits per heavy atom. The first-order valence-electron chi connectivity index (χ1n) is 4.34. The van der Waals surface area contributed by atoms with Crippen molar-refractivity contribution in [1.29, 1.82) is 0 Å². The minimum Gasteiger partial charge on any atom is -0.461 e. The number of hydrogen-bond donors (Lipinski definition) is 1. The van der Waals surface area contributed by atoms with Crippen LogP contribution in [0.15, 0.2) is 14.7 Å². The molecule has 1 heterocycles. The van der Waals surface area contributed by atoms with Gasteiger partial charge in [0.05, 0.1) is 6.61 Å². The van der Waals surface area contributed by atoms with E-state index in [9.17, 15) is 13.2 Å². The molecule has 8 heteroatoms. The Morgan fingerprint density at radius 2 is 2.25 bits per heavy atom. The van der Waals surface area contributed by atoms with Gasteiger partial charge in [0.15, 0.2) is 0 Å². The molecule has 16 heavy (non-hydrogen) atoms. The van der Waals surface area contributed by atoms with Crippen LogP contribution in [0.3, 0.4) is 0 Å². The van der Waals surface area contributed by atoms with Crippen molar-refractivity contribution < 1.29 is 17.9 Å². The van der Waals surface area contributed by atoms with Gasteiger partial charge < -0.3 is 4.74 Å². The van der Waals surface area contributed by atoms with E-state index in [0.29, 0.717) is 6.42 Å². The first-order chi connectivity index (χ1) is 7.38. The number of carbonyl (C=O) groups is 1. The van der Waals surface area contributed by atoms with E-state index < -0.39 is 16.0 Å². The van der Waals surface area contributed by atoms with E-state index in [0.717, 1.165) is 11.3 Å². The number of primary sulfonamides is 1. The molecule has 5 nitrogen and oxygen atoms in total. The molecule has 0 radical (unpaired) electrons. The van der Waals surface area contributed by atoms with Crippen molar-refractivity contribution in [3.63, 3.8) is 0 Å². The molecule has 1 rings (SSSR count). The molecule has 0 aliphatic heterocycles. The zero-order valence-corrected chi connectivity index (χ0v) is 11.6. The van der Waals surface area contributed by atoms with E-state index in [2.05, 4.69) is 15.9 Å². The van der Waals surface area contributed by atoms with E-state index in [-0.39, 0.29) is 20.9 Å². The molecule has 1 aromatic rings. The number of sulfonamides is 1. The van der Waals surface area contributed by atoms with Crippen LogP contribution in [0, 0.1) is 0 Å². The van der Waals surface area contributed by atoms with Gasteiger partial charge in [0.25, 0.3) is 0 Å². The Hall–Kier alpha value is -0.440. The largest absolute Gasteiger partial charge is 0.461 e. The van der Waals surface area contributed by atoms with Crippen LogP contribution in [-0.4, -0.2) is 21.0 Å². The molecule has 0 saturated heterocycles. The number of nitrogens with two attached hydrogens (primary N) is 1. The van der Waals surface area contributed by atoms with Crippen LogP contribution in [0.25, 0.3) is 0 Å². The lowest BCUT2D eigenvalue weighted by atomic mass is 10.4. The number of thiophene rings is 1. The second-order valence-electron chi connectivity index (χ2n) is 2.92. The molecule has 0 unspecified atom stereocenters. The molecular formula is C8H10BrNO4S2. The summed E-state index contributed by atoms with van der Waals surface area (Å²) in [7, 11) is -3.93. The molecule has 0 saturated carbocycles. The minimum atomic E-state index is -3.93. The Kier molecular flexibility index (Phi) is 4.48. The van der Waals surface area contributed by atoms with Crippen LogP contribution in [0.1, 0.15) is 23.0 Å². The predicted molar refractivity (Wildman–Crippen MR) is 64.0 cm³/mol. The maximum atomic E-state index is 11.5. The summed E-state index contributed by atoms with van der Waals surface area (Å²) in [5, 5.41) is 6.50. The van der Waals surface area contributed by atoms with Crippen LogP contribution < -0.4 is 5.14 Å². The molecule has 0 aliphatic carbocycles. The summed E-state index contributed by atoms with van der Waals surface area (Å²) < 4.78 is 27.7. The van der Waals surface area contributed by atoms with E-state index in [1.807, 2.05) is 6.92 Å². The van der Waals surface area contributed by atoms with Crippen molar-refractivity contribution in [3.8, 4) is 0 Å². The maximum absolute atomic E-state index is 11.5. The van der Waals surface area contributed by atoms with Gasteiger partial charge in [0, 0.05) is 9.85 Å². The van der Waals surface area contributed by atoms with Gasteiger partial charge in [-0.05, 0) is 22.4 Å². The van der Waals surface area contributed by atoms with Crippen molar-refractivity contribution in [1.82, 2.24) is 0 Å². The van der Waals surface area contributed by atoms with Crippen molar-refractivity contribution >= 4 is 43.3 Å². The Bertz CT molecular complexity index is 494. The predicted octanol–water partition coefficient (Wildman–Crippen LogP) is 1.72. The topological polar surface area (TPSA) is 86.5 Å². The summed E-state index contributed by atoms with van der Waals surface area (Å²) in [6.45, 7) is 2.09. The monoisotopic (exact) mass is 327 g/mol. The molecule has 0 fully saturated rings. The molecule has 0 spiro atoms. The molecule has 1 aromatic heterocycles. The van der Waals surface area contributed by atoms with Gasteiger partial charge >= 0.3 is 5.97 Å². The fraction of sp³-hybridized carbons (Fsp3) is 0.375. The highest BCUT2D eigenvalue weighted by atomic mass is 79.9. The molecule has 90 valence electrons. The molecule has 0 bridgehead atoms. The van der Waals surface area contributed by atoms with Crippen LogP contribution in [0.5, 0.6) is 0 Å². The quantitative estimate of drug-likeness (QED) is 0.853. The first-order valence-corrected chi connectivity index (χ1v) is 7.56. The van der Waals surface area contributed by atoms with E-state index in [1.165, 1.54) is 5.38 Å². The van der Waals surface area contributed by atoms with Crippen molar-refractivity contribution in [3.05, 3.63) is 14.7 Å². The van der Waals surface area contributed by atoms with Gasteiger partial charge in [-0.2, -0.15) is 0 Å². The zero-order valence-electron chi connectivity index (χ0n) is 8.40. The van der Waals surface area contributed by atoms with Gasteiger partial charge in [-0.15, -0.1) is 11.3 Å². The normalized spacial score (nSPS) is 11.4. The first kappa shape index (κ1) is 13.6. The average Bonchev–Trinajstić information content (AvgIpc) is 2.56. The van der Waals surface area contributed by atoms with Crippen LogP contribution >= 0.6 is 27.3 Å². The summed E-state index contributed by atoms with van der Waals surface area (Å²) >= 11 is 4.01. The summed E-state index contributed by atoms with van der Waals surface area (Å²) in [6, 6.07) is 0. The van der Waals surface area contributed by atoms with E-state index in [1.54, 1.807) is 0 Å². The standard InChI is InChI=1S/C8H10BrNO4S2/c1-2-3-14-8(11)6-7(16(10,12)13)5(9)4-15-6/h4H,2-3H2,1H3,(H2,10,12,13). The Labute approximate surface area is 106 Å². The lowest BCUT2D eigenvalue weighted by Gasteiger charge is -2.03. The summed E-state index contributed by atoms with van der Waals surface area (Å²) in [5.41, 5.74) is 0. The Balaban J connectivity index is 3.11. The summed E-state index contributed by atoms with van der Waals surface area (Å²) in [4.78, 5) is 11.3. The highest BCUT2D eigenvalue weighted by Crippen LogP contribution is 2.31. The minimum absolute atomic E-state index is 0.00262. The van der Waals surface area contributed by atoms with E-state index in [4.69, 9.17) is 9.88 Å². The summed E-state index contributed by atoms with van der Waals surface area (Å²) in [5.74, 6) is -0.665. The maximum Gasteiger partial charge on any atom is 0.349 e. The fourth-order valence-corrected chi connectivity index (χ4v) is 4.23. The second kappa shape index (κ2) is 5.26. The number of hydrogen-bond acceptors (Lipinski definition) is 5. The average molecular weight is 328 g/mol. The lowest BCUT2D eigenvalue weighted by molar-refractivity contribution is 0.0506. The third kappa shape index (κ3) is 3.03.